The molecule has 0 aliphatic heterocycles. The number of benzene rings is 1. The minimum absolute atomic E-state index is 0.161. The Hall–Kier alpha value is -1.51. The molecule has 0 saturated heterocycles. The molecule has 3 heteroatoms. The number of para-hydroxylation sites is 1. The molecule has 0 spiro atoms. The summed E-state index contributed by atoms with van der Waals surface area (Å²) in [5, 5.41) is 7.77. The maximum Gasteiger partial charge on any atom is 0.124 e. The molecule has 1 fully saturated rings. The van der Waals surface area contributed by atoms with E-state index in [4.69, 9.17) is 11.1 Å². The van der Waals surface area contributed by atoms with Gasteiger partial charge in [-0.15, -0.1) is 0 Å². The molecule has 1 aliphatic carbocycles. The quantitative estimate of drug-likeness (QED) is 0.646. The van der Waals surface area contributed by atoms with Crippen molar-refractivity contribution in [1.82, 2.24) is 0 Å². The van der Waals surface area contributed by atoms with Crippen molar-refractivity contribution in [3.05, 3.63) is 29.3 Å². The molecule has 3 nitrogen and oxygen atoms in total. The Balaban J connectivity index is 2.32. The van der Waals surface area contributed by atoms with Gasteiger partial charge in [0, 0.05) is 18.7 Å². The van der Waals surface area contributed by atoms with Gasteiger partial charge in [0.05, 0.1) is 5.69 Å². The molecule has 3 N–H and O–H groups in total. The predicted molar refractivity (Wildman–Crippen MR) is 82.0 cm³/mol. The zero-order chi connectivity index (χ0) is 14.0. The molecule has 2 rings (SSSR count). The van der Waals surface area contributed by atoms with E-state index in [2.05, 4.69) is 31.9 Å². The number of aryl methyl sites for hydroxylation is 1. The number of nitrogens with two attached hydrogens (primary N) is 1. The maximum atomic E-state index is 7.77. The highest BCUT2D eigenvalue weighted by Crippen LogP contribution is 2.32. The van der Waals surface area contributed by atoms with Crippen LogP contribution in [0.1, 0.15) is 43.7 Å². The number of hydrogen-bond donors (Lipinski definition) is 2. The summed E-state index contributed by atoms with van der Waals surface area (Å²) < 4.78 is 0. The van der Waals surface area contributed by atoms with Gasteiger partial charge in [0.1, 0.15) is 5.84 Å². The summed E-state index contributed by atoms with van der Waals surface area (Å²) in [5.41, 5.74) is 8.93. The van der Waals surface area contributed by atoms with Gasteiger partial charge >= 0.3 is 0 Å². The molecular formula is C16H25N3. The van der Waals surface area contributed by atoms with Crippen molar-refractivity contribution in [3.63, 3.8) is 0 Å². The van der Waals surface area contributed by atoms with Crippen LogP contribution in [0.15, 0.2) is 18.2 Å². The van der Waals surface area contributed by atoms with E-state index in [1.807, 2.05) is 12.1 Å². The van der Waals surface area contributed by atoms with Gasteiger partial charge in [-0.25, -0.2) is 0 Å². The third-order valence-electron chi connectivity index (χ3n) is 4.34. The molecule has 2 unspecified atom stereocenters. The number of rotatable bonds is 3. The Morgan fingerprint density at radius 1 is 1.37 bits per heavy atom. The lowest BCUT2D eigenvalue weighted by molar-refractivity contribution is 0.336. The fourth-order valence-electron chi connectivity index (χ4n) is 3.28. The first-order valence-corrected chi connectivity index (χ1v) is 7.17. The summed E-state index contributed by atoms with van der Waals surface area (Å²) in [6.45, 7) is 4.44. The molecular weight excluding hydrogens is 234 g/mol. The standard InChI is InChI=1S/C16H25N3/c1-11-6-4-8-13(10-11)19(3)15-12(2)7-5-9-14(15)16(17)18/h5,7,9,11,13H,4,6,8,10H2,1-3H3,(H3,17,18). The number of amidine groups is 1. The molecule has 19 heavy (non-hydrogen) atoms. The first-order chi connectivity index (χ1) is 9.00. The van der Waals surface area contributed by atoms with Crippen molar-refractivity contribution >= 4 is 11.5 Å². The molecule has 1 saturated carbocycles. The third kappa shape index (κ3) is 2.91. The molecule has 104 valence electrons. The second-order valence-electron chi connectivity index (χ2n) is 5.92. The second kappa shape index (κ2) is 5.64. The summed E-state index contributed by atoms with van der Waals surface area (Å²) >= 11 is 0. The molecule has 1 aromatic rings. The molecule has 0 aromatic heterocycles. The van der Waals surface area contributed by atoms with E-state index in [1.54, 1.807) is 0 Å². The van der Waals surface area contributed by atoms with Crippen LogP contribution in [0.2, 0.25) is 0 Å². The van der Waals surface area contributed by atoms with E-state index in [1.165, 1.54) is 31.2 Å². The Bertz CT molecular complexity index is 467. The first kappa shape index (κ1) is 13.9. The lowest BCUT2D eigenvalue weighted by Gasteiger charge is -2.37. The van der Waals surface area contributed by atoms with Crippen LogP contribution in [0.4, 0.5) is 5.69 Å². The molecule has 1 aliphatic rings. The van der Waals surface area contributed by atoms with Crippen molar-refractivity contribution in [1.29, 1.82) is 5.41 Å². The number of nitrogens with one attached hydrogen (secondary N) is 1. The maximum absolute atomic E-state index is 7.77. The summed E-state index contributed by atoms with van der Waals surface area (Å²) in [5.74, 6) is 0.959. The van der Waals surface area contributed by atoms with Gasteiger partial charge in [-0.1, -0.05) is 31.9 Å². The van der Waals surface area contributed by atoms with Crippen LogP contribution in [0.3, 0.4) is 0 Å². The van der Waals surface area contributed by atoms with E-state index in [0.29, 0.717) is 6.04 Å². The molecule has 1 aromatic carbocycles. The SMILES string of the molecule is Cc1cccc(C(=N)N)c1N(C)C1CCCC(C)C1. The van der Waals surface area contributed by atoms with E-state index in [9.17, 15) is 0 Å². The fourth-order valence-corrected chi connectivity index (χ4v) is 3.28. The van der Waals surface area contributed by atoms with Gasteiger partial charge in [0.25, 0.3) is 0 Å². The fraction of sp³-hybridized carbons (Fsp3) is 0.562. The van der Waals surface area contributed by atoms with Gasteiger partial charge in [-0.2, -0.15) is 0 Å². The second-order valence-corrected chi connectivity index (χ2v) is 5.92. The van der Waals surface area contributed by atoms with Gasteiger partial charge in [-0.05, 0) is 37.3 Å². The lowest BCUT2D eigenvalue weighted by atomic mass is 9.86. The van der Waals surface area contributed by atoms with E-state index in [0.717, 1.165) is 17.2 Å². The topological polar surface area (TPSA) is 53.1 Å². The van der Waals surface area contributed by atoms with E-state index in [-0.39, 0.29) is 5.84 Å². The van der Waals surface area contributed by atoms with Gasteiger partial charge in [-0.3, -0.25) is 5.41 Å². The summed E-state index contributed by atoms with van der Waals surface area (Å²) in [6, 6.07) is 6.60. The third-order valence-corrected chi connectivity index (χ3v) is 4.34. The van der Waals surface area contributed by atoms with Crippen LogP contribution in [0.25, 0.3) is 0 Å². The van der Waals surface area contributed by atoms with Gasteiger partial charge < -0.3 is 10.6 Å². The van der Waals surface area contributed by atoms with Crippen LogP contribution in [0.5, 0.6) is 0 Å². The average molecular weight is 259 g/mol. The van der Waals surface area contributed by atoms with Crippen LogP contribution < -0.4 is 10.6 Å². The average Bonchev–Trinajstić information content (AvgIpc) is 2.37. The van der Waals surface area contributed by atoms with E-state index < -0.39 is 0 Å². The number of anilines is 1. The van der Waals surface area contributed by atoms with Crippen molar-refractivity contribution in [3.8, 4) is 0 Å². The van der Waals surface area contributed by atoms with Gasteiger partial charge in [0.2, 0.25) is 0 Å². The van der Waals surface area contributed by atoms with E-state index >= 15 is 0 Å². The largest absolute Gasteiger partial charge is 0.384 e. The van der Waals surface area contributed by atoms with Crippen molar-refractivity contribution in [2.24, 2.45) is 11.7 Å². The predicted octanol–water partition coefficient (Wildman–Crippen LogP) is 3.29. The molecule has 2 atom stereocenters. The lowest BCUT2D eigenvalue weighted by Crippen LogP contribution is -2.37. The molecule has 0 bridgehead atoms. The monoisotopic (exact) mass is 259 g/mol. The Morgan fingerprint density at radius 2 is 2.11 bits per heavy atom. The zero-order valence-corrected chi connectivity index (χ0v) is 12.2. The van der Waals surface area contributed by atoms with Crippen LogP contribution >= 0.6 is 0 Å². The number of nitrogen functional groups attached to an aromatic ring is 1. The molecule has 0 radical (unpaired) electrons. The Kier molecular flexibility index (Phi) is 4.13. The molecule has 0 heterocycles. The van der Waals surface area contributed by atoms with Crippen molar-refractivity contribution in [2.45, 2.75) is 45.6 Å². The van der Waals surface area contributed by atoms with Crippen molar-refractivity contribution < 1.29 is 0 Å². The normalized spacial score (nSPS) is 23.1. The minimum atomic E-state index is 0.161. The Morgan fingerprint density at radius 3 is 2.74 bits per heavy atom. The zero-order valence-electron chi connectivity index (χ0n) is 12.2. The highest BCUT2D eigenvalue weighted by molar-refractivity contribution is 6.01. The number of hydrogen-bond acceptors (Lipinski definition) is 2. The Labute approximate surface area is 116 Å². The molecule has 0 amide bonds. The number of nitrogens with zero attached hydrogens (tertiary/aromatic N) is 1. The van der Waals surface area contributed by atoms with Crippen molar-refractivity contribution in [2.75, 3.05) is 11.9 Å². The smallest absolute Gasteiger partial charge is 0.124 e. The summed E-state index contributed by atoms with van der Waals surface area (Å²) in [7, 11) is 2.15. The summed E-state index contributed by atoms with van der Waals surface area (Å²) in [4.78, 5) is 2.35. The minimum Gasteiger partial charge on any atom is -0.384 e. The highest BCUT2D eigenvalue weighted by atomic mass is 15.1. The van der Waals surface area contributed by atoms with Crippen LogP contribution in [0, 0.1) is 18.3 Å². The first-order valence-electron chi connectivity index (χ1n) is 7.17. The highest BCUT2D eigenvalue weighted by Gasteiger charge is 2.25. The van der Waals surface area contributed by atoms with Crippen LogP contribution in [-0.4, -0.2) is 18.9 Å². The van der Waals surface area contributed by atoms with Crippen LogP contribution in [-0.2, 0) is 0 Å². The van der Waals surface area contributed by atoms with Gasteiger partial charge in [0.15, 0.2) is 0 Å². The summed E-state index contributed by atoms with van der Waals surface area (Å²) in [6.07, 6.45) is 5.13.